The first kappa shape index (κ1) is 19.6. The Balaban J connectivity index is 1.79. The molecule has 0 aromatic heterocycles. The molecule has 0 saturated heterocycles. The lowest BCUT2D eigenvalue weighted by molar-refractivity contribution is -0.129. The number of carbonyl (C=O) groups excluding carboxylic acids is 2. The standard InChI is InChI=1S/C21H25FN2O2/c1-16-7-3-4-9-19(16)15-21(26)23-12-14-24(17(2)25)13-11-18-8-5-6-10-20(18)22/h3-10H,11-15H2,1-2H3,(H,23,26). The van der Waals surface area contributed by atoms with E-state index in [4.69, 9.17) is 0 Å². The minimum atomic E-state index is -0.262. The van der Waals surface area contributed by atoms with Gasteiger partial charge in [-0.05, 0) is 36.1 Å². The molecule has 5 heteroatoms. The van der Waals surface area contributed by atoms with Crippen LogP contribution in [-0.4, -0.2) is 36.3 Å². The molecule has 2 amide bonds. The van der Waals surface area contributed by atoms with Gasteiger partial charge in [-0.1, -0.05) is 42.5 Å². The Bertz CT molecular complexity index is 761. The third-order valence-corrected chi connectivity index (χ3v) is 4.37. The summed E-state index contributed by atoms with van der Waals surface area (Å²) in [6.45, 7) is 4.66. The lowest BCUT2D eigenvalue weighted by Gasteiger charge is -2.21. The quantitative estimate of drug-likeness (QED) is 0.791. The Kier molecular flexibility index (Phi) is 7.33. The van der Waals surface area contributed by atoms with Gasteiger partial charge < -0.3 is 10.2 Å². The van der Waals surface area contributed by atoms with Gasteiger partial charge in [0.15, 0.2) is 0 Å². The number of aryl methyl sites for hydroxylation is 1. The Morgan fingerprint density at radius 3 is 2.31 bits per heavy atom. The zero-order valence-corrected chi connectivity index (χ0v) is 15.3. The van der Waals surface area contributed by atoms with Gasteiger partial charge >= 0.3 is 0 Å². The molecule has 0 spiro atoms. The average molecular weight is 356 g/mol. The highest BCUT2D eigenvalue weighted by atomic mass is 19.1. The SMILES string of the molecule is CC(=O)N(CCNC(=O)Cc1ccccc1C)CCc1ccccc1F. The number of benzene rings is 2. The number of nitrogens with one attached hydrogen (secondary N) is 1. The summed E-state index contributed by atoms with van der Waals surface area (Å²) in [5, 5.41) is 2.85. The summed E-state index contributed by atoms with van der Waals surface area (Å²) in [5.74, 6) is -0.422. The highest BCUT2D eigenvalue weighted by molar-refractivity contribution is 5.79. The predicted molar refractivity (Wildman–Crippen MR) is 100 cm³/mol. The van der Waals surface area contributed by atoms with Crippen LogP contribution in [0.4, 0.5) is 4.39 Å². The van der Waals surface area contributed by atoms with Crippen LogP contribution in [0.2, 0.25) is 0 Å². The molecule has 0 aliphatic rings. The Hall–Kier alpha value is -2.69. The summed E-state index contributed by atoms with van der Waals surface area (Å²) in [4.78, 5) is 25.5. The van der Waals surface area contributed by atoms with Crippen LogP contribution in [0.15, 0.2) is 48.5 Å². The lowest BCUT2D eigenvalue weighted by atomic mass is 10.1. The molecular weight excluding hydrogens is 331 g/mol. The van der Waals surface area contributed by atoms with Crippen molar-refractivity contribution in [3.63, 3.8) is 0 Å². The predicted octanol–water partition coefficient (Wildman–Crippen LogP) is 2.88. The van der Waals surface area contributed by atoms with Crippen molar-refractivity contribution in [3.05, 3.63) is 71.0 Å². The van der Waals surface area contributed by atoms with E-state index in [1.807, 2.05) is 31.2 Å². The monoisotopic (exact) mass is 356 g/mol. The smallest absolute Gasteiger partial charge is 0.224 e. The van der Waals surface area contributed by atoms with Crippen molar-refractivity contribution < 1.29 is 14.0 Å². The topological polar surface area (TPSA) is 49.4 Å². The van der Waals surface area contributed by atoms with Crippen molar-refractivity contribution in [2.24, 2.45) is 0 Å². The highest BCUT2D eigenvalue weighted by Gasteiger charge is 2.11. The lowest BCUT2D eigenvalue weighted by Crippen LogP contribution is -2.39. The van der Waals surface area contributed by atoms with E-state index >= 15 is 0 Å². The van der Waals surface area contributed by atoms with Gasteiger partial charge in [-0.3, -0.25) is 9.59 Å². The third-order valence-electron chi connectivity index (χ3n) is 4.37. The molecule has 26 heavy (non-hydrogen) atoms. The summed E-state index contributed by atoms with van der Waals surface area (Å²) in [6, 6.07) is 14.3. The zero-order valence-electron chi connectivity index (χ0n) is 15.3. The Morgan fingerprint density at radius 1 is 1.00 bits per heavy atom. The molecule has 0 aliphatic heterocycles. The molecule has 0 heterocycles. The van der Waals surface area contributed by atoms with E-state index in [9.17, 15) is 14.0 Å². The molecule has 2 aromatic rings. The fourth-order valence-corrected chi connectivity index (χ4v) is 2.76. The van der Waals surface area contributed by atoms with Crippen LogP contribution in [0.1, 0.15) is 23.6 Å². The molecule has 0 fully saturated rings. The fourth-order valence-electron chi connectivity index (χ4n) is 2.76. The van der Waals surface area contributed by atoms with Crippen LogP contribution in [0.5, 0.6) is 0 Å². The van der Waals surface area contributed by atoms with Gasteiger partial charge in [0.25, 0.3) is 0 Å². The molecule has 2 aromatic carbocycles. The highest BCUT2D eigenvalue weighted by Crippen LogP contribution is 2.09. The summed E-state index contributed by atoms with van der Waals surface area (Å²) in [6.07, 6.45) is 0.769. The normalized spacial score (nSPS) is 10.4. The van der Waals surface area contributed by atoms with Crippen LogP contribution in [0, 0.1) is 12.7 Å². The van der Waals surface area contributed by atoms with E-state index in [2.05, 4.69) is 5.32 Å². The van der Waals surface area contributed by atoms with E-state index in [0.29, 0.717) is 38.0 Å². The van der Waals surface area contributed by atoms with Crippen LogP contribution in [0.3, 0.4) is 0 Å². The summed E-state index contributed by atoms with van der Waals surface area (Å²) in [7, 11) is 0. The van der Waals surface area contributed by atoms with Crippen molar-refractivity contribution >= 4 is 11.8 Å². The number of amides is 2. The van der Waals surface area contributed by atoms with Gasteiger partial charge in [-0.2, -0.15) is 0 Å². The summed E-state index contributed by atoms with van der Waals surface area (Å²) < 4.78 is 13.7. The minimum absolute atomic E-state index is 0.0723. The number of hydrogen-bond acceptors (Lipinski definition) is 2. The minimum Gasteiger partial charge on any atom is -0.354 e. The molecule has 2 rings (SSSR count). The van der Waals surface area contributed by atoms with Gasteiger partial charge in [0.05, 0.1) is 6.42 Å². The van der Waals surface area contributed by atoms with Crippen molar-refractivity contribution in [2.75, 3.05) is 19.6 Å². The summed E-state index contributed by atoms with van der Waals surface area (Å²) >= 11 is 0. The first-order valence-corrected chi connectivity index (χ1v) is 8.77. The van der Waals surface area contributed by atoms with Gasteiger partial charge in [-0.15, -0.1) is 0 Å². The third kappa shape index (κ3) is 5.99. The van der Waals surface area contributed by atoms with Crippen molar-refractivity contribution in [1.29, 1.82) is 0 Å². The van der Waals surface area contributed by atoms with Crippen molar-refractivity contribution in [2.45, 2.75) is 26.7 Å². The molecule has 0 unspecified atom stereocenters. The first-order valence-electron chi connectivity index (χ1n) is 8.77. The number of halogens is 1. The average Bonchev–Trinajstić information content (AvgIpc) is 2.61. The fraction of sp³-hybridized carbons (Fsp3) is 0.333. The molecule has 0 saturated carbocycles. The van der Waals surface area contributed by atoms with Crippen LogP contribution < -0.4 is 5.32 Å². The van der Waals surface area contributed by atoms with Gasteiger partial charge in [0.2, 0.25) is 11.8 Å². The van der Waals surface area contributed by atoms with E-state index in [1.54, 1.807) is 23.1 Å². The molecule has 0 aliphatic carbocycles. The molecule has 0 atom stereocenters. The maximum atomic E-state index is 13.7. The van der Waals surface area contributed by atoms with Crippen molar-refractivity contribution in [3.8, 4) is 0 Å². The number of carbonyl (C=O) groups is 2. The molecule has 0 radical (unpaired) electrons. The molecule has 0 bridgehead atoms. The van der Waals surface area contributed by atoms with E-state index in [-0.39, 0.29) is 17.6 Å². The maximum absolute atomic E-state index is 13.7. The Morgan fingerprint density at radius 2 is 1.65 bits per heavy atom. The van der Waals surface area contributed by atoms with Crippen molar-refractivity contribution in [1.82, 2.24) is 10.2 Å². The number of hydrogen-bond donors (Lipinski definition) is 1. The molecule has 1 N–H and O–H groups in total. The van der Waals surface area contributed by atoms with Gasteiger partial charge in [0, 0.05) is 26.6 Å². The second-order valence-electron chi connectivity index (χ2n) is 6.30. The van der Waals surface area contributed by atoms with E-state index in [0.717, 1.165) is 11.1 Å². The zero-order chi connectivity index (χ0) is 18.9. The second-order valence-corrected chi connectivity index (χ2v) is 6.30. The Labute approximate surface area is 154 Å². The molecule has 4 nitrogen and oxygen atoms in total. The van der Waals surface area contributed by atoms with Gasteiger partial charge in [0.1, 0.15) is 5.82 Å². The summed E-state index contributed by atoms with van der Waals surface area (Å²) in [5.41, 5.74) is 2.66. The van der Waals surface area contributed by atoms with Crippen LogP contribution >= 0.6 is 0 Å². The largest absolute Gasteiger partial charge is 0.354 e. The second kappa shape index (κ2) is 9.70. The van der Waals surface area contributed by atoms with Gasteiger partial charge in [-0.25, -0.2) is 4.39 Å². The maximum Gasteiger partial charge on any atom is 0.224 e. The first-order chi connectivity index (χ1) is 12.5. The molecule has 138 valence electrons. The van der Waals surface area contributed by atoms with E-state index < -0.39 is 0 Å². The van der Waals surface area contributed by atoms with Crippen LogP contribution in [0.25, 0.3) is 0 Å². The van der Waals surface area contributed by atoms with Crippen LogP contribution in [-0.2, 0) is 22.4 Å². The number of nitrogens with zero attached hydrogens (tertiary/aromatic N) is 1. The number of rotatable bonds is 8. The molecular formula is C21H25FN2O2. The van der Waals surface area contributed by atoms with E-state index in [1.165, 1.54) is 13.0 Å².